The van der Waals surface area contributed by atoms with E-state index in [1.807, 2.05) is 52.0 Å². The van der Waals surface area contributed by atoms with E-state index >= 15 is 0 Å². The highest BCUT2D eigenvalue weighted by molar-refractivity contribution is 8.04. The van der Waals surface area contributed by atoms with Crippen molar-refractivity contribution in [1.82, 2.24) is 4.90 Å². The average molecular weight is 347 g/mol. The number of thioether (sulfide) groups is 1. The Morgan fingerprint density at radius 3 is 2.38 bits per heavy atom. The van der Waals surface area contributed by atoms with Crippen molar-refractivity contribution in [2.24, 2.45) is 0 Å². The van der Waals surface area contributed by atoms with Gasteiger partial charge in [-0.25, -0.2) is 0 Å². The number of carbonyl (C=O) groups is 2. The Hall–Kier alpha value is -1.59. The fourth-order valence-corrected chi connectivity index (χ4v) is 3.55. The second-order valence-corrected chi connectivity index (χ2v) is 7.64. The normalized spacial score (nSPS) is 15.1. The minimum absolute atomic E-state index is 0.175. The molecule has 0 atom stereocenters. The molecule has 2 amide bonds. The summed E-state index contributed by atoms with van der Waals surface area (Å²) < 4.78 is 5.31. The highest BCUT2D eigenvalue weighted by Gasteiger charge is 2.39. The number of hydrogen-bond donors (Lipinski definition) is 0. The number of amides is 2. The topological polar surface area (TPSA) is 46.6 Å². The molecule has 1 heterocycles. The van der Waals surface area contributed by atoms with Crippen molar-refractivity contribution >= 4 is 29.1 Å². The van der Waals surface area contributed by atoms with Crippen LogP contribution in [-0.2, 0) is 14.3 Å². The zero-order valence-electron chi connectivity index (χ0n) is 14.8. The molecule has 24 heavy (non-hydrogen) atoms. The maximum atomic E-state index is 12.9. The Labute approximate surface area is 148 Å². The molecule has 5 heteroatoms. The summed E-state index contributed by atoms with van der Waals surface area (Å²) in [7, 11) is 0. The number of carbonyl (C=O) groups excluding carboxylic acids is 2. The SMILES string of the molecule is CCOCCCN1C(=O)C(SC(C)C)=C(c2ccc(C)cc2)C1=O. The van der Waals surface area contributed by atoms with Crippen LogP contribution < -0.4 is 0 Å². The van der Waals surface area contributed by atoms with Crippen LogP contribution in [-0.4, -0.2) is 41.7 Å². The van der Waals surface area contributed by atoms with Crippen LogP contribution in [0.2, 0.25) is 0 Å². The summed E-state index contributed by atoms with van der Waals surface area (Å²) in [6.45, 7) is 9.59. The van der Waals surface area contributed by atoms with Crippen molar-refractivity contribution in [3.8, 4) is 0 Å². The first-order valence-electron chi connectivity index (χ1n) is 8.37. The predicted octanol–water partition coefficient (Wildman–Crippen LogP) is 3.64. The van der Waals surface area contributed by atoms with Gasteiger partial charge in [0.05, 0.1) is 10.5 Å². The van der Waals surface area contributed by atoms with Crippen LogP contribution in [0.15, 0.2) is 29.2 Å². The molecule has 0 saturated heterocycles. The first-order chi connectivity index (χ1) is 11.5. The van der Waals surface area contributed by atoms with Gasteiger partial charge < -0.3 is 4.74 Å². The molecule has 0 N–H and O–H groups in total. The fourth-order valence-electron chi connectivity index (χ4n) is 2.55. The Bertz CT molecular complexity index is 635. The first-order valence-corrected chi connectivity index (χ1v) is 9.25. The fraction of sp³-hybridized carbons (Fsp3) is 0.474. The molecule has 130 valence electrons. The van der Waals surface area contributed by atoms with Crippen molar-refractivity contribution < 1.29 is 14.3 Å². The number of ether oxygens (including phenoxy) is 1. The van der Waals surface area contributed by atoms with Crippen molar-refractivity contribution in [3.05, 3.63) is 40.3 Å². The van der Waals surface area contributed by atoms with E-state index in [1.165, 1.54) is 16.7 Å². The maximum absolute atomic E-state index is 12.9. The number of nitrogens with zero attached hydrogens (tertiary/aromatic N) is 1. The molecule has 0 saturated carbocycles. The molecule has 0 aliphatic carbocycles. The summed E-state index contributed by atoms with van der Waals surface area (Å²) in [5, 5.41) is 0.237. The Morgan fingerprint density at radius 1 is 1.12 bits per heavy atom. The average Bonchev–Trinajstić information content (AvgIpc) is 2.76. The molecular weight excluding hydrogens is 322 g/mol. The number of rotatable bonds is 8. The van der Waals surface area contributed by atoms with E-state index < -0.39 is 0 Å². The number of benzene rings is 1. The Morgan fingerprint density at radius 2 is 1.79 bits per heavy atom. The van der Waals surface area contributed by atoms with Crippen LogP contribution >= 0.6 is 11.8 Å². The van der Waals surface area contributed by atoms with Crippen LogP contribution in [0.1, 0.15) is 38.3 Å². The minimum Gasteiger partial charge on any atom is -0.382 e. The van der Waals surface area contributed by atoms with Crippen LogP contribution in [0.3, 0.4) is 0 Å². The van der Waals surface area contributed by atoms with Gasteiger partial charge in [0.2, 0.25) is 0 Å². The van der Waals surface area contributed by atoms with Gasteiger partial charge in [0.1, 0.15) is 0 Å². The number of hydrogen-bond acceptors (Lipinski definition) is 4. The summed E-state index contributed by atoms with van der Waals surface area (Å²) in [5.74, 6) is -0.366. The zero-order valence-corrected chi connectivity index (χ0v) is 15.6. The highest BCUT2D eigenvalue weighted by Crippen LogP contribution is 2.37. The summed E-state index contributed by atoms with van der Waals surface area (Å²) >= 11 is 1.46. The smallest absolute Gasteiger partial charge is 0.267 e. The van der Waals surface area contributed by atoms with Crippen molar-refractivity contribution in [3.63, 3.8) is 0 Å². The van der Waals surface area contributed by atoms with Gasteiger partial charge in [0.15, 0.2) is 0 Å². The molecule has 1 aliphatic heterocycles. The van der Waals surface area contributed by atoms with Crippen LogP contribution in [0.5, 0.6) is 0 Å². The number of aryl methyl sites for hydroxylation is 1. The predicted molar refractivity (Wildman–Crippen MR) is 98.7 cm³/mol. The van der Waals surface area contributed by atoms with E-state index in [4.69, 9.17) is 4.74 Å². The van der Waals surface area contributed by atoms with Crippen molar-refractivity contribution in [2.45, 2.75) is 39.4 Å². The van der Waals surface area contributed by atoms with Gasteiger partial charge in [-0.05, 0) is 25.8 Å². The first kappa shape index (κ1) is 18.7. The molecule has 1 aromatic rings. The molecule has 0 aromatic heterocycles. The second kappa shape index (κ2) is 8.49. The van der Waals surface area contributed by atoms with Crippen LogP contribution in [0, 0.1) is 6.92 Å². The van der Waals surface area contributed by atoms with Gasteiger partial charge in [0, 0.05) is 25.0 Å². The third kappa shape index (κ3) is 4.28. The maximum Gasteiger partial charge on any atom is 0.267 e. The lowest BCUT2D eigenvalue weighted by Gasteiger charge is -2.15. The summed E-state index contributed by atoms with van der Waals surface area (Å²) in [6.07, 6.45) is 0.659. The highest BCUT2D eigenvalue weighted by atomic mass is 32.2. The minimum atomic E-state index is -0.191. The van der Waals surface area contributed by atoms with E-state index in [0.29, 0.717) is 36.7 Å². The quantitative estimate of drug-likeness (QED) is 0.532. The number of imide groups is 1. The monoisotopic (exact) mass is 347 g/mol. The van der Waals surface area contributed by atoms with Gasteiger partial charge in [-0.2, -0.15) is 0 Å². The van der Waals surface area contributed by atoms with E-state index in [0.717, 1.165) is 11.1 Å². The molecule has 1 aliphatic rings. The van der Waals surface area contributed by atoms with E-state index in [1.54, 1.807) is 0 Å². The van der Waals surface area contributed by atoms with Crippen molar-refractivity contribution in [2.75, 3.05) is 19.8 Å². The van der Waals surface area contributed by atoms with Gasteiger partial charge in [0.25, 0.3) is 11.8 Å². The van der Waals surface area contributed by atoms with E-state index in [-0.39, 0.29) is 17.1 Å². The Balaban J connectivity index is 2.28. The van der Waals surface area contributed by atoms with Gasteiger partial charge in [-0.15, -0.1) is 11.8 Å². The van der Waals surface area contributed by atoms with E-state index in [2.05, 4.69) is 0 Å². The third-order valence-electron chi connectivity index (χ3n) is 3.69. The zero-order chi connectivity index (χ0) is 17.7. The van der Waals surface area contributed by atoms with Crippen LogP contribution in [0.4, 0.5) is 0 Å². The largest absolute Gasteiger partial charge is 0.382 e. The molecule has 1 aromatic carbocycles. The molecular formula is C19H25NO3S. The molecule has 4 nitrogen and oxygen atoms in total. The van der Waals surface area contributed by atoms with Crippen LogP contribution in [0.25, 0.3) is 5.57 Å². The second-order valence-electron chi connectivity index (χ2n) is 6.05. The van der Waals surface area contributed by atoms with Gasteiger partial charge in [-0.1, -0.05) is 43.7 Å². The third-order valence-corrected chi connectivity index (χ3v) is 4.78. The lowest BCUT2D eigenvalue weighted by atomic mass is 10.0. The summed E-state index contributed by atoms with van der Waals surface area (Å²) in [6, 6.07) is 7.77. The molecule has 0 bridgehead atoms. The lowest BCUT2D eigenvalue weighted by molar-refractivity contribution is -0.136. The lowest BCUT2D eigenvalue weighted by Crippen LogP contribution is -2.33. The van der Waals surface area contributed by atoms with Gasteiger partial charge in [-0.3, -0.25) is 14.5 Å². The summed E-state index contributed by atoms with van der Waals surface area (Å²) in [5.41, 5.74) is 2.48. The standard InChI is InChI=1S/C19H25NO3S/c1-5-23-12-6-11-20-18(21)16(15-9-7-14(4)8-10-15)17(19(20)22)24-13(2)3/h7-10,13H,5-6,11-12H2,1-4H3. The molecule has 0 unspecified atom stereocenters. The molecule has 0 fully saturated rings. The summed E-state index contributed by atoms with van der Waals surface area (Å²) in [4.78, 5) is 27.5. The molecule has 0 spiro atoms. The molecule has 2 rings (SSSR count). The molecule has 0 radical (unpaired) electrons. The van der Waals surface area contributed by atoms with E-state index in [9.17, 15) is 9.59 Å². The van der Waals surface area contributed by atoms with Gasteiger partial charge >= 0.3 is 0 Å². The van der Waals surface area contributed by atoms with Crippen molar-refractivity contribution in [1.29, 1.82) is 0 Å². The Kier molecular flexibility index (Phi) is 6.63.